The lowest BCUT2D eigenvalue weighted by Gasteiger charge is -2.35. The molecule has 2 heterocycles. The largest absolute Gasteiger partial charge is 0.480 e. The quantitative estimate of drug-likeness (QED) is 0.790. The highest BCUT2D eigenvalue weighted by molar-refractivity contribution is 6.01. The number of aliphatic carboxylic acids is 1. The number of likely N-dealkylation sites (tertiary alicyclic amines) is 1. The van der Waals surface area contributed by atoms with Crippen LogP contribution in [-0.2, 0) is 4.79 Å². The van der Waals surface area contributed by atoms with E-state index in [4.69, 9.17) is 0 Å². The van der Waals surface area contributed by atoms with E-state index in [-0.39, 0.29) is 18.9 Å². The second kappa shape index (κ2) is 6.45. The number of benzene rings is 1. The van der Waals surface area contributed by atoms with E-state index in [0.29, 0.717) is 17.7 Å². The van der Waals surface area contributed by atoms with E-state index in [1.54, 1.807) is 0 Å². The van der Waals surface area contributed by atoms with Gasteiger partial charge in [-0.05, 0) is 19.4 Å². The molecular weight excluding hydrogens is 310 g/mol. The number of aliphatic hydroxyl groups excluding tert-OH is 1. The van der Waals surface area contributed by atoms with Crippen molar-refractivity contribution in [1.29, 1.82) is 0 Å². The third kappa shape index (κ3) is 3.03. The SMILES string of the molecule is Cc1cccc(-c2[nH]ncc2C(=O)N2CC[C@H](O)C[C@@H]2C(=O)O)c1. The van der Waals surface area contributed by atoms with Gasteiger partial charge in [-0.15, -0.1) is 0 Å². The zero-order chi connectivity index (χ0) is 17.3. The molecule has 0 unspecified atom stereocenters. The summed E-state index contributed by atoms with van der Waals surface area (Å²) in [4.78, 5) is 25.6. The number of H-pyrrole nitrogens is 1. The summed E-state index contributed by atoms with van der Waals surface area (Å²) in [6, 6.07) is 6.61. The fraction of sp³-hybridized carbons (Fsp3) is 0.353. The number of nitrogens with one attached hydrogen (secondary N) is 1. The first-order chi connectivity index (χ1) is 11.5. The number of rotatable bonds is 3. The highest BCUT2D eigenvalue weighted by atomic mass is 16.4. The molecule has 3 N–H and O–H groups in total. The molecule has 3 rings (SSSR count). The van der Waals surface area contributed by atoms with Crippen LogP contribution in [-0.4, -0.2) is 55.9 Å². The van der Waals surface area contributed by atoms with Crippen LogP contribution in [0, 0.1) is 6.92 Å². The molecule has 126 valence electrons. The number of carbonyl (C=O) groups is 2. The van der Waals surface area contributed by atoms with Crippen molar-refractivity contribution in [3.63, 3.8) is 0 Å². The summed E-state index contributed by atoms with van der Waals surface area (Å²) in [5.74, 6) is -1.50. The fourth-order valence-corrected chi connectivity index (χ4v) is 3.05. The Morgan fingerprint density at radius 2 is 2.17 bits per heavy atom. The van der Waals surface area contributed by atoms with E-state index in [2.05, 4.69) is 10.2 Å². The molecule has 0 aliphatic carbocycles. The smallest absolute Gasteiger partial charge is 0.326 e. The molecule has 1 saturated heterocycles. The van der Waals surface area contributed by atoms with Crippen molar-refractivity contribution in [3.05, 3.63) is 41.6 Å². The van der Waals surface area contributed by atoms with Crippen molar-refractivity contribution in [2.24, 2.45) is 0 Å². The third-order valence-corrected chi connectivity index (χ3v) is 4.30. The van der Waals surface area contributed by atoms with Crippen molar-refractivity contribution in [3.8, 4) is 11.3 Å². The maximum absolute atomic E-state index is 12.9. The van der Waals surface area contributed by atoms with Gasteiger partial charge in [-0.1, -0.05) is 23.8 Å². The van der Waals surface area contributed by atoms with E-state index < -0.39 is 18.1 Å². The minimum Gasteiger partial charge on any atom is -0.480 e. The molecule has 24 heavy (non-hydrogen) atoms. The molecule has 7 nitrogen and oxygen atoms in total. The molecule has 2 aromatic rings. The van der Waals surface area contributed by atoms with Gasteiger partial charge in [-0.25, -0.2) is 4.79 Å². The topological polar surface area (TPSA) is 107 Å². The Morgan fingerprint density at radius 3 is 2.88 bits per heavy atom. The van der Waals surface area contributed by atoms with Crippen LogP contribution in [0.3, 0.4) is 0 Å². The second-order valence-electron chi connectivity index (χ2n) is 6.06. The van der Waals surface area contributed by atoms with Crippen molar-refractivity contribution in [2.45, 2.75) is 31.9 Å². The highest BCUT2D eigenvalue weighted by Gasteiger charge is 2.37. The second-order valence-corrected chi connectivity index (χ2v) is 6.06. The normalized spacial score (nSPS) is 20.8. The summed E-state index contributed by atoms with van der Waals surface area (Å²) >= 11 is 0. The van der Waals surface area contributed by atoms with Gasteiger partial charge < -0.3 is 15.1 Å². The van der Waals surface area contributed by atoms with E-state index >= 15 is 0 Å². The van der Waals surface area contributed by atoms with Crippen molar-refractivity contribution in [1.82, 2.24) is 15.1 Å². The zero-order valence-electron chi connectivity index (χ0n) is 13.3. The summed E-state index contributed by atoms with van der Waals surface area (Å²) in [5.41, 5.74) is 2.77. The summed E-state index contributed by atoms with van der Waals surface area (Å²) < 4.78 is 0. The molecule has 0 radical (unpaired) electrons. The van der Waals surface area contributed by atoms with Gasteiger partial charge in [-0.2, -0.15) is 5.10 Å². The fourth-order valence-electron chi connectivity index (χ4n) is 3.05. The molecule has 1 aliphatic rings. The van der Waals surface area contributed by atoms with Crippen LogP contribution >= 0.6 is 0 Å². The number of piperidine rings is 1. The van der Waals surface area contributed by atoms with Gasteiger partial charge in [0.1, 0.15) is 6.04 Å². The molecule has 0 bridgehead atoms. The summed E-state index contributed by atoms with van der Waals surface area (Å²) in [7, 11) is 0. The van der Waals surface area contributed by atoms with Crippen LogP contribution in [0.4, 0.5) is 0 Å². The molecule has 1 aromatic carbocycles. The Kier molecular flexibility index (Phi) is 4.35. The van der Waals surface area contributed by atoms with E-state index in [0.717, 1.165) is 11.1 Å². The Morgan fingerprint density at radius 1 is 1.38 bits per heavy atom. The first-order valence-electron chi connectivity index (χ1n) is 7.79. The van der Waals surface area contributed by atoms with Gasteiger partial charge in [-0.3, -0.25) is 9.89 Å². The third-order valence-electron chi connectivity index (χ3n) is 4.30. The standard InChI is InChI=1S/C17H19N3O4/c1-10-3-2-4-11(7-10)15-13(9-18-19-15)16(22)20-6-5-12(21)8-14(20)17(23)24/h2-4,7,9,12,14,21H,5-6,8H2,1H3,(H,18,19)(H,23,24)/t12-,14+/m0/s1. The van der Waals surface area contributed by atoms with Crippen LogP contribution in [0.5, 0.6) is 0 Å². The average molecular weight is 329 g/mol. The number of hydrogen-bond acceptors (Lipinski definition) is 4. The number of carboxylic acid groups (broad SMARTS) is 1. The van der Waals surface area contributed by atoms with E-state index in [1.807, 2.05) is 31.2 Å². The number of carbonyl (C=O) groups excluding carboxylic acids is 1. The maximum atomic E-state index is 12.9. The number of hydrogen-bond donors (Lipinski definition) is 3. The van der Waals surface area contributed by atoms with Gasteiger partial charge in [0.2, 0.25) is 0 Å². The van der Waals surface area contributed by atoms with Crippen molar-refractivity contribution < 1.29 is 19.8 Å². The minimum atomic E-state index is -1.11. The van der Waals surface area contributed by atoms with E-state index in [9.17, 15) is 19.8 Å². The number of aliphatic hydroxyl groups is 1. The van der Waals surface area contributed by atoms with Gasteiger partial charge in [0.05, 0.1) is 23.6 Å². The molecule has 0 spiro atoms. The molecule has 0 saturated carbocycles. The van der Waals surface area contributed by atoms with Crippen molar-refractivity contribution in [2.75, 3.05) is 6.54 Å². The number of carboxylic acids is 1. The van der Waals surface area contributed by atoms with Gasteiger partial charge >= 0.3 is 5.97 Å². The number of nitrogens with zero attached hydrogens (tertiary/aromatic N) is 2. The van der Waals surface area contributed by atoms with Crippen LogP contribution in [0.1, 0.15) is 28.8 Å². The number of amides is 1. The van der Waals surface area contributed by atoms with Crippen LogP contribution in [0.15, 0.2) is 30.5 Å². The summed E-state index contributed by atoms with van der Waals surface area (Å²) in [6.07, 6.45) is 1.13. The zero-order valence-corrected chi connectivity index (χ0v) is 13.3. The van der Waals surface area contributed by atoms with Gasteiger partial charge in [0, 0.05) is 18.5 Å². The Hall–Kier alpha value is -2.67. The minimum absolute atomic E-state index is 0.0404. The predicted molar refractivity (Wildman–Crippen MR) is 86.5 cm³/mol. The monoisotopic (exact) mass is 329 g/mol. The lowest BCUT2D eigenvalue weighted by Crippen LogP contribution is -2.51. The summed E-state index contributed by atoms with van der Waals surface area (Å²) in [6.45, 7) is 2.16. The van der Waals surface area contributed by atoms with Crippen LogP contribution in [0.25, 0.3) is 11.3 Å². The molecule has 1 amide bonds. The Bertz CT molecular complexity index is 771. The number of aryl methyl sites for hydroxylation is 1. The Labute approximate surface area is 138 Å². The lowest BCUT2D eigenvalue weighted by molar-refractivity contribution is -0.145. The Balaban J connectivity index is 1.93. The highest BCUT2D eigenvalue weighted by Crippen LogP contribution is 2.26. The van der Waals surface area contributed by atoms with Gasteiger partial charge in [0.25, 0.3) is 5.91 Å². The molecule has 1 aliphatic heterocycles. The maximum Gasteiger partial charge on any atom is 0.326 e. The molecule has 7 heteroatoms. The molecule has 1 aromatic heterocycles. The summed E-state index contributed by atoms with van der Waals surface area (Å²) in [5, 5.41) is 25.9. The number of aromatic amines is 1. The number of aromatic nitrogens is 2. The van der Waals surface area contributed by atoms with Gasteiger partial charge in [0.15, 0.2) is 0 Å². The van der Waals surface area contributed by atoms with E-state index in [1.165, 1.54) is 11.1 Å². The first kappa shape index (κ1) is 16.2. The molecular formula is C17H19N3O4. The first-order valence-corrected chi connectivity index (χ1v) is 7.79. The lowest BCUT2D eigenvalue weighted by atomic mass is 9.97. The average Bonchev–Trinajstić information content (AvgIpc) is 3.03. The molecule has 1 fully saturated rings. The molecule has 2 atom stereocenters. The van der Waals surface area contributed by atoms with Crippen LogP contribution in [0.2, 0.25) is 0 Å². The van der Waals surface area contributed by atoms with Crippen molar-refractivity contribution >= 4 is 11.9 Å². The van der Waals surface area contributed by atoms with Crippen LogP contribution < -0.4 is 0 Å². The predicted octanol–water partition coefficient (Wildman–Crippen LogP) is 1.44.